The highest BCUT2D eigenvalue weighted by atomic mass is 16.8. The number of carbonyl (C=O) groups is 1. The van der Waals surface area contributed by atoms with E-state index >= 15 is 0 Å². The zero-order chi connectivity index (χ0) is 29.4. The van der Waals surface area contributed by atoms with Crippen LogP contribution in [0.1, 0.15) is 92.9 Å². The SMILES string of the molecule is CCCCOC[C@]1([C@@H](OCCCC)[C@H](OCCCC)[C@@H](OCCCC)C(=O)N2CCN(C)CC2)OCC(C)(C)O1. The summed E-state index contributed by atoms with van der Waals surface area (Å²) in [5.41, 5.74) is -0.533. The van der Waals surface area contributed by atoms with E-state index in [0.717, 1.165) is 64.5 Å². The second-order valence-electron chi connectivity index (χ2n) is 12.0. The molecular weight excluding hydrogens is 512 g/mol. The van der Waals surface area contributed by atoms with Gasteiger partial charge in [-0.25, -0.2) is 0 Å². The van der Waals surface area contributed by atoms with Crippen LogP contribution in [-0.4, -0.2) is 118 Å². The van der Waals surface area contributed by atoms with Crippen molar-refractivity contribution in [3.8, 4) is 0 Å². The van der Waals surface area contributed by atoms with Crippen LogP contribution >= 0.6 is 0 Å². The highest BCUT2D eigenvalue weighted by Gasteiger charge is 2.57. The lowest BCUT2D eigenvalue weighted by atomic mass is 9.97. The van der Waals surface area contributed by atoms with Gasteiger partial charge in [-0.3, -0.25) is 4.79 Å². The van der Waals surface area contributed by atoms with Crippen LogP contribution in [-0.2, 0) is 33.2 Å². The number of hydrogen-bond acceptors (Lipinski definition) is 8. The van der Waals surface area contributed by atoms with Gasteiger partial charge in [0.15, 0.2) is 6.10 Å². The summed E-state index contributed by atoms with van der Waals surface area (Å²) < 4.78 is 39.0. The number of likely N-dealkylation sites (N-methyl/N-ethyl adjacent to an activating group) is 1. The molecule has 2 fully saturated rings. The third-order valence-corrected chi connectivity index (χ3v) is 7.55. The fourth-order valence-electron chi connectivity index (χ4n) is 4.97. The lowest BCUT2D eigenvalue weighted by Crippen LogP contribution is -2.63. The first kappa shape index (κ1) is 35.4. The summed E-state index contributed by atoms with van der Waals surface area (Å²) in [7, 11) is 2.09. The number of piperazine rings is 1. The van der Waals surface area contributed by atoms with Crippen LogP contribution in [0.15, 0.2) is 0 Å². The first-order chi connectivity index (χ1) is 19.2. The molecule has 2 aliphatic heterocycles. The van der Waals surface area contributed by atoms with Crippen LogP contribution < -0.4 is 0 Å². The van der Waals surface area contributed by atoms with Crippen LogP contribution in [0.3, 0.4) is 0 Å². The van der Waals surface area contributed by atoms with E-state index in [0.29, 0.717) is 46.1 Å². The van der Waals surface area contributed by atoms with E-state index < -0.39 is 29.7 Å². The van der Waals surface area contributed by atoms with Gasteiger partial charge < -0.3 is 38.2 Å². The molecule has 0 aromatic rings. The first-order valence-electron chi connectivity index (χ1n) is 16.0. The predicted molar refractivity (Wildman–Crippen MR) is 158 cm³/mol. The van der Waals surface area contributed by atoms with Gasteiger partial charge in [-0.05, 0) is 46.6 Å². The molecule has 40 heavy (non-hydrogen) atoms. The van der Waals surface area contributed by atoms with E-state index in [4.69, 9.17) is 28.4 Å². The number of nitrogens with zero attached hydrogens (tertiary/aromatic N) is 2. The third-order valence-electron chi connectivity index (χ3n) is 7.55. The van der Waals surface area contributed by atoms with Gasteiger partial charge in [0.05, 0.1) is 12.2 Å². The number of hydrogen-bond donors (Lipinski definition) is 0. The Balaban J connectivity index is 2.50. The largest absolute Gasteiger partial charge is 0.376 e. The highest BCUT2D eigenvalue weighted by molar-refractivity contribution is 5.82. The van der Waals surface area contributed by atoms with Crippen molar-refractivity contribution in [3.05, 3.63) is 0 Å². The summed E-state index contributed by atoms with van der Waals surface area (Å²) >= 11 is 0. The van der Waals surface area contributed by atoms with E-state index in [1.54, 1.807) is 0 Å². The average molecular weight is 573 g/mol. The molecule has 2 heterocycles. The molecule has 2 rings (SSSR count). The number of ether oxygens (including phenoxy) is 6. The monoisotopic (exact) mass is 572 g/mol. The molecule has 9 nitrogen and oxygen atoms in total. The average Bonchev–Trinajstić information content (AvgIpc) is 3.25. The quantitative estimate of drug-likeness (QED) is 0.184. The normalized spacial score (nSPS) is 23.8. The Bertz CT molecular complexity index is 687. The maximum atomic E-state index is 14.2. The zero-order valence-electron chi connectivity index (χ0n) is 26.7. The van der Waals surface area contributed by atoms with Gasteiger partial charge in [-0.1, -0.05) is 53.4 Å². The second-order valence-corrected chi connectivity index (χ2v) is 12.0. The van der Waals surface area contributed by atoms with Gasteiger partial charge in [0, 0.05) is 52.6 Å². The van der Waals surface area contributed by atoms with E-state index in [-0.39, 0.29) is 12.5 Å². The van der Waals surface area contributed by atoms with E-state index in [1.807, 2.05) is 18.7 Å². The van der Waals surface area contributed by atoms with Crippen molar-refractivity contribution in [2.75, 3.05) is 72.9 Å². The summed E-state index contributed by atoms with van der Waals surface area (Å²) in [6.45, 7) is 18.2. The minimum absolute atomic E-state index is 0.0471. The maximum absolute atomic E-state index is 14.2. The van der Waals surface area contributed by atoms with E-state index in [2.05, 4.69) is 39.6 Å². The molecule has 236 valence electrons. The number of rotatable bonds is 21. The maximum Gasteiger partial charge on any atom is 0.254 e. The second kappa shape index (κ2) is 18.7. The smallest absolute Gasteiger partial charge is 0.254 e. The van der Waals surface area contributed by atoms with Crippen LogP contribution in [0.25, 0.3) is 0 Å². The molecule has 4 atom stereocenters. The fraction of sp³-hybridized carbons (Fsp3) is 0.968. The fourth-order valence-corrected chi connectivity index (χ4v) is 4.97. The van der Waals surface area contributed by atoms with Gasteiger partial charge in [-0.2, -0.15) is 0 Å². The third kappa shape index (κ3) is 11.1. The van der Waals surface area contributed by atoms with Gasteiger partial charge in [0.1, 0.15) is 18.8 Å². The minimum atomic E-state index is -1.21. The van der Waals surface area contributed by atoms with Crippen LogP contribution in [0, 0.1) is 0 Å². The molecule has 0 spiro atoms. The number of amides is 1. The molecule has 0 saturated carbocycles. The molecule has 0 aromatic heterocycles. The summed E-state index contributed by atoms with van der Waals surface area (Å²) in [5.74, 6) is -1.26. The molecule has 0 aliphatic carbocycles. The summed E-state index contributed by atoms with van der Waals surface area (Å²) in [6.07, 6.45) is 5.28. The highest BCUT2D eigenvalue weighted by Crippen LogP contribution is 2.39. The zero-order valence-corrected chi connectivity index (χ0v) is 26.7. The molecule has 9 heteroatoms. The lowest BCUT2D eigenvalue weighted by molar-refractivity contribution is -0.301. The van der Waals surface area contributed by atoms with E-state index in [1.165, 1.54) is 0 Å². The van der Waals surface area contributed by atoms with Crippen molar-refractivity contribution in [3.63, 3.8) is 0 Å². The Kier molecular flexibility index (Phi) is 16.5. The Hall–Kier alpha value is -0.810. The molecule has 0 unspecified atom stereocenters. The van der Waals surface area contributed by atoms with Crippen LogP contribution in [0.5, 0.6) is 0 Å². The van der Waals surface area contributed by atoms with Gasteiger partial charge in [0.2, 0.25) is 5.79 Å². The van der Waals surface area contributed by atoms with Crippen molar-refractivity contribution >= 4 is 5.91 Å². The predicted octanol–water partition coefficient (Wildman–Crippen LogP) is 4.65. The number of carbonyl (C=O) groups excluding carboxylic acids is 1. The molecule has 0 aromatic carbocycles. The topological polar surface area (TPSA) is 78.9 Å². The van der Waals surface area contributed by atoms with Crippen LogP contribution in [0.4, 0.5) is 0 Å². The van der Waals surface area contributed by atoms with Crippen LogP contribution in [0.2, 0.25) is 0 Å². The Labute approximate surface area is 244 Å². The van der Waals surface area contributed by atoms with Crippen molar-refractivity contribution in [2.45, 2.75) is 123 Å². The standard InChI is InChI=1S/C31H60N2O7/c1-8-12-20-35-25-31(39-24-30(5,6)40-31)28(38-23-15-11-4)26(36-21-13-9-2)27(37-22-14-10-3)29(34)33-18-16-32(7)17-19-33/h26-28H,8-25H2,1-7H3/t26-,27-,28+,31+/m1/s1. The Morgan fingerprint density at radius 1 is 0.800 bits per heavy atom. The molecule has 2 aliphatic rings. The van der Waals surface area contributed by atoms with Gasteiger partial charge >= 0.3 is 0 Å². The van der Waals surface area contributed by atoms with Gasteiger partial charge in [0.25, 0.3) is 5.91 Å². The molecule has 0 N–H and O–H groups in total. The summed E-state index contributed by atoms with van der Waals surface area (Å²) in [6, 6.07) is 0. The molecule has 0 radical (unpaired) electrons. The minimum Gasteiger partial charge on any atom is -0.376 e. The first-order valence-corrected chi connectivity index (χ1v) is 16.0. The Morgan fingerprint density at radius 2 is 1.35 bits per heavy atom. The summed E-state index contributed by atoms with van der Waals surface area (Å²) in [5, 5.41) is 0. The summed E-state index contributed by atoms with van der Waals surface area (Å²) in [4.78, 5) is 18.3. The molecule has 0 bridgehead atoms. The van der Waals surface area contributed by atoms with Crippen molar-refractivity contribution in [1.29, 1.82) is 0 Å². The number of unbranched alkanes of at least 4 members (excludes halogenated alkanes) is 4. The van der Waals surface area contributed by atoms with Crippen molar-refractivity contribution < 1.29 is 33.2 Å². The van der Waals surface area contributed by atoms with Crippen molar-refractivity contribution in [1.82, 2.24) is 9.80 Å². The molecular formula is C31H60N2O7. The molecule has 2 saturated heterocycles. The lowest BCUT2D eigenvalue weighted by Gasteiger charge is -2.43. The molecule has 1 amide bonds. The van der Waals surface area contributed by atoms with Crippen molar-refractivity contribution in [2.24, 2.45) is 0 Å². The van der Waals surface area contributed by atoms with Gasteiger partial charge in [-0.15, -0.1) is 0 Å². The Morgan fingerprint density at radius 3 is 1.90 bits per heavy atom. The van der Waals surface area contributed by atoms with E-state index in [9.17, 15) is 4.79 Å².